The third-order valence-corrected chi connectivity index (χ3v) is 6.00. The van der Waals surface area contributed by atoms with Crippen molar-refractivity contribution in [3.05, 3.63) is 65.5 Å². The van der Waals surface area contributed by atoms with Crippen LogP contribution in [0.3, 0.4) is 0 Å². The molecule has 1 aliphatic rings. The van der Waals surface area contributed by atoms with Crippen molar-refractivity contribution in [2.75, 3.05) is 26.2 Å². The summed E-state index contributed by atoms with van der Waals surface area (Å²) in [5, 5.41) is 0. The van der Waals surface area contributed by atoms with E-state index in [-0.39, 0.29) is 36.6 Å². The van der Waals surface area contributed by atoms with Gasteiger partial charge in [-0.25, -0.2) is 21.6 Å². The van der Waals surface area contributed by atoms with Gasteiger partial charge in [0.2, 0.25) is 10.0 Å². The molecule has 5 nitrogen and oxygen atoms in total. The maximum atomic E-state index is 13.3. The molecule has 2 aromatic carbocycles. The van der Waals surface area contributed by atoms with Crippen LogP contribution in [-0.2, 0) is 10.0 Å². The van der Waals surface area contributed by atoms with E-state index in [4.69, 9.17) is 0 Å². The van der Waals surface area contributed by atoms with Crippen LogP contribution in [0.15, 0.2) is 47.4 Å². The minimum atomic E-state index is -3.80. The fourth-order valence-electron chi connectivity index (χ4n) is 2.75. The Morgan fingerprint density at radius 3 is 1.88 bits per heavy atom. The van der Waals surface area contributed by atoms with Gasteiger partial charge in [-0.3, -0.25) is 4.79 Å². The maximum Gasteiger partial charge on any atom is 0.254 e. The quantitative estimate of drug-likeness (QED) is 0.816. The summed E-state index contributed by atoms with van der Waals surface area (Å²) < 4.78 is 65.8. The minimum absolute atomic E-state index is 0.0310. The third-order valence-electron chi connectivity index (χ3n) is 4.09. The number of sulfonamides is 1. The van der Waals surface area contributed by atoms with Gasteiger partial charge in [-0.1, -0.05) is 0 Å². The van der Waals surface area contributed by atoms with Crippen LogP contribution < -0.4 is 0 Å². The molecule has 138 valence electrons. The van der Waals surface area contributed by atoms with Gasteiger partial charge < -0.3 is 4.90 Å². The molecule has 0 bridgehead atoms. The first-order chi connectivity index (χ1) is 12.3. The highest BCUT2D eigenvalue weighted by Crippen LogP contribution is 2.19. The van der Waals surface area contributed by atoms with Crippen molar-refractivity contribution in [3.8, 4) is 0 Å². The molecule has 2 aromatic rings. The first kappa shape index (κ1) is 18.4. The van der Waals surface area contributed by atoms with Crippen LogP contribution in [-0.4, -0.2) is 49.7 Å². The van der Waals surface area contributed by atoms with Gasteiger partial charge in [0.15, 0.2) is 0 Å². The normalized spacial score (nSPS) is 15.9. The number of benzene rings is 2. The third kappa shape index (κ3) is 3.73. The smallest absolute Gasteiger partial charge is 0.254 e. The van der Waals surface area contributed by atoms with Gasteiger partial charge in [0.25, 0.3) is 5.91 Å². The second kappa shape index (κ2) is 7.08. The van der Waals surface area contributed by atoms with Gasteiger partial charge in [0.05, 0.1) is 4.90 Å². The molecule has 26 heavy (non-hydrogen) atoms. The molecular formula is C17H15F3N2O3S. The Hall–Kier alpha value is -2.39. The predicted molar refractivity (Wildman–Crippen MR) is 87.4 cm³/mol. The molecule has 0 radical (unpaired) electrons. The summed E-state index contributed by atoms with van der Waals surface area (Å²) in [7, 11) is -3.80. The summed E-state index contributed by atoms with van der Waals surface area (Å²) in [4.78, 5) is 13.7. The number of carbonyl (C=O) groups excluding carboxylic acids is 1. The van der Waals surface area contributed by atoms with Crippen molar-refractivity contribution in [1.29, 1.82) is 0 Å². The van der Waals surface area contributed by atoms with E-state index in [2.05, 4.69) is 0 Å². The SMILES string of the molecule is O=C(c1cc(F)cc(F)c1)N1CCN(S(=O)(=O)c2ccc(F)cc2)CC1. The van der Waals surface area contributed by atoms with Gasteiger partial charge in [0, 0.05) is 37.8 Å². The van der Waals surface area contributed by atoms with E-state index < -0.39 is 33.4 Å². The summed E-state index contributed by atoms with van der Waals surface area (Å²) >= 11 is 0. The average Bonchev–Trinajstić information content (AvgIpc) is 2.61. The van der Waals surface area contributed by atoms with Crippen molar-refractivity contribution in [2.45, 2.75) is 4.90 Å². The second-order valence-electron chi connectivity index (χ2n) is 5.81. The van der Waals surface area contributed by atoms with Gasteiger partial charge in [-0.2, -0.15) is 4.31 Å². The number of rotatable bonds is 3. The van der Waals surface area contributed by atoms with E-state index in [0.29, 0.717) is 6.07 Å². The number of amides is 1. The van der Waals surface area contributed by atoms with Crippen molar-refractivity contribution >= 4 is 15.9 Å². The van der Waals surface area contributed by atoms with Crippen LogP contribution in [0, 0.1) is 17.5 Å². The van der Waals surface area contributed by atoms with E-state index >= 15 is 0 Å². The van der Waals surface area contributed by atoms with E-state index in [1.165, 1.54) is 21.3 Å². The minimum Gasteiger partial charge on any atom is -0.336 e. The molecule has 0 aromatic heterocycles. The van der Waals surface area contributed by atoms with Gasteiger partial charge in [-0.05, 0) is 36.4 Å². The molecule has 0 spiro atoms. The van der Waals surface area contributed by atoms with Gasteiger partial charge in [-0.15, -0.1) is 0 Å². The van der Waals surface area contributed by atoms with E-state index in [9.17, 15) is 26.4 Å². The monoisotopic (exact) mass is 384 g/mol. The Morgan fingerprint density at radius 2 is 1.35 bits per heavy atom. The van der Waals surface area contributed by atoms with E-state index in [0.717, 1.165) is 24.3 Å². The zero-order valence-corrected chi connectivity index (χ0v) is 14.3. The van der Waals surface area contributed by atoms with Crippen LogP contribution in [0.4, 0.5) is 13.2 Å². The molecule has 0 N–H and O–H groups in total. The lowest BCUT2D eigenvalue weighted by molar-refractivity contribution is 0.0697. The summed E-state index contributed by atoms with van der Waals surface area (Å²) in [6.45, 7) is 0.223. The molecule has 3 rings (SSSR count). The Balaban J connectivity index is 1.70. The number of hydrogen-bond donors (Lipinski definition) is 0. The first-order valence-electron chi connectivity index (χ1n) is 7.78. The molecule has 9 heteroatoms. The van der Waals surface area contributed by atoms with Gasteiger partial charge in [0.1, 0.15) is 17.5 Å². The number of hydrogen-bond acceptors (Lipinski definition) is 3. The predicted octanol–water partition coefficient (Wildman–Crippen LogP) is 2.25. The molecule has 1 saturated heterocycles. The second-order valence-corrected chi connectivity index (χ2v) is 7.75. The highest BCUT2D eigenvalue weighted by molar-refractivity contribution is 7.89. The highest BCUT2D eigenvalue weighted by atomic mass is 32.2. The fourth-order valence-corrected chi connectivity index (χ4v) is 4.17. The number of carbonyl (C=O) groups is 1. The topological polar surface area (TPSA) is 57.7 Å². The molecule has 1 fully saturated rings. The summed E-state index contributed by atoms with van der Waals surface area (Å²) in [6, 6.07) is 7.02. The largest absolute Gasteiger partial charge is 0.336 e. The standard InChI is InChI=1S/C17H15F3N2O3S/c18-13-1-3-16(4-2-13)26(24,25)22-7-5-21(6-8-22)17(23)12-9-14(19)11-15(20)10-12/h1-4,9-11H,5-8H2. The van der Waals surface area contributed by atoms with Crippen molar-refractivity contribution in [3.63, 3.8) is 0 Å². The fraction of sp³-hybridized carbons (Fsp3) is 0.235. The lowest BCUT2D eigenvalue weighted by Crippen LogP contribution is -2.50. The van der Waals surface area contributed by atoms with Crippen molar-refractivity contribution in [2.24, 2.45) is 0 Å². The van der Waals surface area contributed by atoms with Crippen LogP contribution >= 0.6 is 0 Å². The lowest BCUT2D eigenvalue weighted by Gasteiger charge is -2.34. The maximum absolute atomic E-state index is 13.3. The van der Waals surface area contributed by atoms with Crippen molar-refractivity contribution < 1.29 is 26.4 Å². The van der Waals surface area contributed by atoms with Crippen LogP contribution in [0.5, 0.6) is 0 Å². The Labute approximate surface area is 148 Å². The van der Waals surface area contributed by atoms with E-state index in [1.807, 2.05) is 0 Å². The van der Waals surface area contributed by atoms with Crippen LogP contribution in [0.1, 0.15) is 10.4 Å². The molecule has 1 amide bonds. The zero-order valence-electron chi connectivity index (χ0n) is 13.5. The van der Waals surface area contributed by atoms with Gasteiger partial charge >= 0.3 is 0 Å². The summed E-state index contributed by atoms with van der Waals surface area (Å²) in [5.74, 6) is -2.82. The Bertz CT molecular complexity index is 905. The number of nitrogens with zero attached hydrogens (tertiary/aromatic N) is 2. The number of piperazine rings is 1. The average molecular weight is 384 g/mol. The zero-order chi connectivity index (χ0) is 18.9. The molecule has 0 unspecified atom stereocenters. The summed E-state index contributed by atoms with van der Waals surface area (Å²) in [6.07, 6.45) is 0. The Kier molecular flexibility index (Phi) is 5.01. The first-order valence-corrected chi connectivity index (χ1v) is 9.22. The summed E-state index contributed by atoms with van der Waals surface area (Å²) in [5.41, 5.74) is -0.127. The molecular weight excluding hydrogens is 369 g/mol. The molecule has 1 heterocycles. The van der Waals surface area contributed by atoms with Crippen LogP contribution in [0.25, 0.3) is 0 Å². The lowest BCUT2D eigenvalue weighted by atomic mass is 10.1. The molecule has 0 saturated carbocycles. The molecule has 1 aliphatic heterocycles. The molecule has 0 atom stereocenters. The Morgan fingerprint density at radius 1 is 0.808 bits per heavy atom. The molecule has 0 aliphatic carbocycles. The highest BCUT2D eigenvalue weighted by Gasteiger charge is 2.30. The van der Waals surface area contributed by atoms with Crippen molar-refractivity contribution in [1.82, 2.24) is 9.21 Å². The number of halogens is 3. The van der Waals surface area contributed by atoms with Crippen LogP contribution in [0.2, 0.25) is 0 Å². The van der Waals surface area contributed by atoms with E-state index in [1.54, 1.807) is 0 Å².